The molecule has 3 heteroatoms. The van der Waals surface area contributed by atoms with Gasteiger partial charge in [0.2, 0.25) is 0 Å². The lowest BCUT2D eigenvalue weighted by atomic mass is 10.1. The highest BCUT2D eigenvalue weighted by atomic mass is 32.1. The van der Waals surface area contributed by atoms with Crippen molar-refractivity contribution in [3.8, 4) is 0 Å². The number of benzene rings is 1. The van der Waals surface area contributed by atoms with Gasteiger partial charge in [-0.3, -0.25) is 0 Å². The Labute approximate surface area is 124 Å². The summed E-state index contributed by atoms with van der Waals surface area (Å²) >= 11 is 1.69. The minimum atomic E-state index is -0.423. The maximum atomic E-state index is 9.91. The molecular formula is C17H20NOS. The molecule has 105 valence electrons. The molecule has 1 radical (unpaired) electrons. The van der Waals surface area contributed by atoms with Crippen LogP contribution in [0, 0.1) is 6.42 Å². The molecule has 0 aliphatic rings. The Balaban J connectivity index is 1.65. The first-order valence-corrected chi connectivity index (χ1v) is 7.62. The Morgan fingerprint density at radius 1 is 1.25 bits per heavy atom. The van der Waals surface area contributed by atoms with Crippen molar-refractivity contribution < 1.29 is 5.11 Å². The third-order valence-electron chi connectivity index (χ3n) is 3.03. The Morgan fingerprint density at radius 2 is 2.05 bits per heavy atom. The van der Waals surface area contributed by atoms with Crippen LogP contribution >= 0.6 is 11.3 Å². The van der Waals surface area contributed by atoms with Gasteiger partial charge in [-0.1, -0.05) is 43.0 Å². The quantitative estimate of drug-likeness (QED) is 0.780. The van der Waals surface area contributed by atoms with Gasteiger partial charge >= 0.3 is 0 Å². The Morgan fingerprint density at radius 3 is 2.75 bits per heavy atom. The zero-order valence-electron chi connectivity index (χ0n) is 11.5. The first-order valence-electron chi connectivity index (χ1n) is 6.74. The van der Waals surface area contributed by atoms with Crippen LogP contribution in [0.2, 0.25) is 0 Å². The largest absolute Gasteiger partial charge is 0.391 e. The van der Waals surface area contributed by atoms with Crippen LogP contribution in [0.3, 0.4) is 0 Å². The molecule has 1 aromatic carbocycles. The number of thiophene rings is 1. The van der Waals surface area contributed by atoms with E-state index in [4.69, 9.17) is 0 Å². The lowest BCUT2D eigenvalue weighted by Crippen LogP contribution is -2.27. The normalized spacial score (nSPS) is 12.2. The van der Waals surface area contributed by atoms with E-state index in [0.29, 0.717) is 6.54 Å². The van der Waals surface area contributed by atoms with E-state index in [-0.39, 0.29) is 0 Å². The highest BCUT2D eigenvalue weighted by molar-refractivity contribution is 7.11. The number of aliphatic hydroxyl groups excluding tert-OH is 1. The molecule has 0 bridgehead atoms. The van der Waals surface area contributed by atoms with Crippen LogP contribution in [0.1, 0.15) is 16.0 Å². The standard InChI is InChI=1S/C17H20NOS/c1-2-17-10-15(13-20-17)11-18-12-16(19)9-8-14-6-4-3-5-7-14/h2-7,9-10,13,16,18-19H,1,8,11-12H2. The molecule has 2 N–H and O–H groups in total. The summed E-state index contributed by atoms with van der Waals surface area (Å²) in [5.74, 6) is 0. The van der Waals surface area contributed by atoms with E-state index in [1.54, 1.807) is 11.3 Å². The highest BCUT2D eigenvalue weighted by Gasteiger charge is 2.05. The molecule has 2 nitrogen and oxygen atoms in total. The predicted molar refractivity (Wildman–Crippen MR) is 86.6 cm³/mol. The van der Waals surface area contributed by atoms with Gasteiger partial charge in [0.05, 0.1) is 6.10 Å². The lowest BCUT2D eigenvalue weighted by Gasteiger charge is -2.11. The van der Waals surface area contributed by atoms with Crippen LogP contribution in [0.25, 0.3) is 6.08 Å². The molecule has 0 spiro atoms. The van der Waals surface area contributed by atoms with Crippen LogP contribution in [0.15, 0.2) is 48.4 Å². The second-order valence-corrected chi connectivity index (χ2v) is 5.63. The SMILES string of the molecule is C=Cc1cc(CNCC(O)[CH]Cc2ccccc2)cs1. The van der Waals surface area contributed by atoms with Crippen molar-refractivity contribution >= 4 is 17.4 Å². The molecule has 0 saturated carbocycles. The Hall–Kier alpha value is -1.42. The van der Waals surface area contributed by atoms with Crippen LogP contribution < -0.4 is 5.32 Å². The van der Waals surface area contributed by atoms with Crippen molar-refractivity contribution in [3.63, 3.8) is 0 Å². The summed E-state index contributed by atoms with van der Waals surface area (Å²) < 4.78 is 0. The maximum absolute atomic E-state index is 9.91. The second-order valence-electron chi connectivity index (χ2n) is 4.69. The van der Waals surface area contributed by atoms with Crippen molar-refractivity contribution in [2.75, 3.05) is 6.54 Å². The number of nitrogens with one attached hydrogen (secondary N) is 1. The minimum Gasteiger partial charge on any atom is -0.391 e. The summed E-state index contributed by atoms with van der Waals surface area (Å²) in [6, 6.07) is 12.3. The number of hydrogen-bond acceptors (Lipinski definition) is 3. The molecule has 1 aromatic heterocycles. The van der Waals surface area contributed by atoms with Gasteiger partial charge < -0.3 is 10.4 Å². The van der Waals surface area contributed by atoms with Gasteiger partial charge in [-0.2, -0.15) is 0 Å². The van der Waals surface area contributed by atoms with Gasteiger partial charge in [-0.15, -0.1) is 11.3 Å². The predicted octanol–water partition coefficient (Wildman–Crippen LogP) is 3.29. The van der Waals surface area contributed by atoms with E-state index in [1.165, 1.54) is 16.0 Å². The van der Waals surface area contributed by atoms with Crippen molar-refractivity contribution in [3.05, 3.63) is 70.8 Å². The van der Waals surface area contributed by atoms with Crippen LogP contribution in [0.4, 0.5) is 0 Å². The van der Waals surface area contributed by atoms with Crippen molar-refractivity contribution in [2.24, 2.45) is 0 Å². The molecule has 0 amide bonds. The molecule has 0 aliphatic heterocycles. The molecule has 2 aromatic rings. The smallest absolute Gasteiger partial charge is 0.0699 e. The van der Waals surface area contributed by atoms with Gasteiger partial charge in [0, 0.05) is 18.0 Å². The monoisotopic (exact) mass is 286 g/mol. The van der Waals surface area contributed by atoms with Crippen molar-refractivity contribution in [2.45, 2.75) is 19.1 Å². The van der Waals surface area contributed by atoms with Crippen LogP contribution in [-0.2, 0) is 13.0 Å². The summed E-state index contributed by atoms with van der Waals surface area (Å²) in [4.78, 5) is 1.18. The molecular weight excluding hydrogens is 266 g/mol. The average Bonchev–Trinajstić information content (AvgIpc) is 2.94. The molecule has 1 heterocycles. The van der Waals surface area contributed by atoms with Gasteiger partial charge in [0.25, 0.3) is 0 Å². The molecule has 0 aliphatic carbocycles. The first kappa shape index (κ1) is 15.0. The van der Waals surface area contributed by atoms with E-state index in [2.05, 4.69) is 35.5 Å². The molecule has 2 rings (SSSR count). The molecule has 20 heavy (non-hydrogen) atoms. The summed E-state index contributed by atoms with van der Waals surface area (Å²) in [7, 11) is 0. The summed E-state index contributed by atoms with van der Waals surface area (Å²) in [6.07, 6.45) is 4.16. The molecule has 0 fully saturated rings. The topological polar surface area (TPSA) is 32.3 Å². The van der Waals surface area contributed by atoms with Gasteiger partial charge in [-0.25, -0.2) is 0 Å². The Bertz CT molecular complexity index is 521. The Kier molecular flexibility index (Phi) is 5.99. The fourth-order valence-corrected chi connectivity index (χ4v) is 2.68. The van der Waals surface area contributed by atoms with E-state index < -0.39 is 6.10 Å². The van der Waals surface area contributed by atoms with E-state index in [1.807, 2.05) is 30.7 Å². The van der Waals surface area contributed by atoms with Crippen molar-refractivity contribution in [1.82, 2.24) is 5.32 Å². The van der Waals surface area contributed by atoms with Gasteiger partial charge in [0.1, 0.15) is 0 Å². The number of rotatable bonds is 8. The maximum Gasteiger partial charge on any atom is 0.0699 e. The highest BCUT2D eigenvalue weighted by Crippen LogP contribution is 2.15. The fourth-order valence-electron chi connectivity index (χ4n) is 1.93. The number of aliphatic hydroxyl groups is 1. The first-order chi connectivity index (χ1) is 9.78. The van der Waals surface area contributed by atoms with Crippen LogP contribution in [0.5, 0.6) is 0 Å². The molecule has 1 unspecified atom stereocenters. The van der Waals surface area contributed by atoms with Crippen molar-refractivity contribution in [1.29, 1.82) is 0 Å². The van der Waals surface area contributed by atoms with E-state index in [0.717, 1.165) is 13.0 Å². The zero-order chi connectivity index (χ0) is 14.2. The summed E-state index contributed by atoms with van der Waals surface area (Å²) in [5.41, 5.74) is 2.46. The van der Waals surface area contributed by atoms with Gasteiger partial charge in [0.15, 0.2) is 0 Å². The lowest BCUT2D eigenvalue weighted by molar-refractivity contribution is 0.200. The second kappa shape index (κ2) is 8.00. The summed E-state index contributed by atoms with van der Waals surface area (Å²) in [6.45, 7) is 5.10. The number of hydrogen-bond donors (Lipinski definition) is 2. The third-order valence-corrected chi connectivity index (χ3v) is 4.00. The third kappa shape index (κ3) is 4.93. The fraction of sp³-hybridized carbons (Fsp3) is 0.235. The van der Waals surface area contributed by atoms with Gasteiger partial charge in [-0.05, 0) is 35.4 Å². The van der Waals surface area contributed by atoms with E-state index >= 15 is 0 Å². The molecule has 0 saturated heterocycles. The summed E-state index contributed by atoms with van der Waals surface area (Å²) in [5, 5.41) is 15.3. The average molecular weight is 286 g/mol. The minimum absolute atomic E-state index is 0.423. The van der Waals surface area contributed by atoms with Crippen LogP contribution in [-0.4, -0.2) is 17.8 Å². The molecule has 1 atom stereocenters. The van der Waals surface area contributed by atoms with E-state index in [9.17, 15) is 5.11 Å². The zero-order valence-corrected chi connectivity index (χ0v) is 12.3.